The van der Waals surface area contributed by atoms with Crippen LogP contribution in [0.3, 0.4) is 0 Å². The number of nitrogens with zero attached hydrogens (tertiary/aromatic N) is 3. The van der Waals surface area contributed by atoms with E-state index in [-0.39, 0.29) is 5.56 Å². The molecule has 0 unspecified atom stereocenters. The van der Waals surface area contributed by atoms with Gasteiger partial charge in [0.15, 0.2) is 0 Å². The summed E-state index contributed by atoms with van der Waals surface area (Å²) in [4.78, 5) is 11.2. The van der Waals surface area contributed by atoms with Crippen molar-refractivity contribution in [3.63, 3.8) is 0 Å². The highest BCUT2D eigenvalue weighted by Gasteiger charge is 2.05. The summed E-state index contributed by atoms with van der Waals surface area (Å²) >= 11 is 0. The molecule has 0 amide bonds. The molecule has 0 saturated carbocycles. The Hall–Kier alpha value is -2.42. The molecule has 0 spiro atoms. The molecule has 2 rings (SSSR count). The molecule has 15 heavy (non-hydrogen) atoms. The van der Waals surface area contributed by atoms with Gasteiger partial charge in [0.05, 0.1) is 11.3 Å². The molecule has 0 aliphatic heterocycles. The fourth-order valence-electron chi connectivity index (χ4n) is 1.18. The minimum Gasteiger partial charge on any atom is -0.250 e. The maximum absolute atomic E-state index is 13.0. The summed E-state index contributed by atoms with van der Waals surface area (Å²) < 4.78 is 14.2. The number of benzene rings is 1. The third-order valence-corrected chi connectivity index (χ3v) is 1.90. The number of nitriles is 1. The van der Waals surface area contributed by atoms with Crippen molar-refractivity contribution in [2.45, 2.75) is 0 Å². The van der Waals surface area contributed by atoms with Crippen LogP contribution >= 0.6 is 0 Å². The van der Waals surface area contributed by atoms with Gasteiger partial charge in [-0.05, 0) is 18.2 Å². The van der Waals surface area contributed by atoms with Crippen LogP contribution in [-0.2, 0) is 0 Å². The fraction of sp³-hybridized carbons (Fsp3) is 0. The zero-order chi connectivity index (χ0) is 10.8. The summed E-state index contributed by atoms with van der Waals surface area (Å²) in [5, 5.41) is 14.3. The summed E-state index contributed by atoms with van der Waals surface area (Å²) in [6.45, 7) is 0. The second-order valence-corrected chi connectivity index (χ2v) is 2.81. The molecule has 2 aromatic rings. The predicted molar refractivity (Wildman–Crippen MR) is 48.9 cm³/mol. The van der Waals surface area contributed by atoms with Crippen molar-refractivity contribution in [1.82, 2.24) is 14.8 Å². The Morgan fingerprint density at radius 1 is 1.53 bits per heavy atom. The van der Waals surface area contributed by atoms with Crippen molar-refractivity contribution in [1.29, 1.82) is 5.26 Å². The van der Waals surface area contributed by atoms with E-state index < -0.39 is 11.5 Å². The SMILES string of the molecule is N#Cc1cc(-n2cn[nH]c2=O)ccc1F. The van der Waals surface area contributed by atoms with Gasteiger partial charge in [0.25, 0.3) is 0 Å². The van der Waals surface area contributed by atoms with Crippen molar-refractivity contribution >= 4 is 0 Å². The van der Waals surface area contributed by atoms with Crippen LogP contribution < -0.4 is 5.69 Å². The molecule has 0 atom stereocenters. The number of halogens is 1. The van der Waals surface area contributed by atoms with Gasteiger partial charge in [-0.3, -0.25) is 0 Å². The summed E-state index contributed by atoms with van der Waals surface area (Å²) in [6.07, 6.45) is 1.26. The first kappa shape index (κ1) is 9.15. The van der Waals surface area contributed by atoms with E-state index in [1.54, 1.807) is 6.07 Å². The minimum atomic E-state index is -0.613. The van der Waals surface area contributed by atoms with Gasteiger partial charge in [-0.1, -0.05) is 0 Å². The Kier molecular flexibility index (Phi) is 2.06. The molecule has 0 aliphatic rings. The Labute approximate surface area is 83.4 Å². The Morgan fingerprint density at radius 3 is 2.93 bits per heavy atom. The van der Waals surface area contributed by atoms with Crippen molar-refractivity contribution in [2.24, 2.45) is 0 Å². The van der Waals surface area contributed by atoms with E-state index in [0.717, 1.165) is 6.07 Å². The topological polar surface area (TPSA) is 74.5 Å². The molecule has 6 heteroatoms. The lowest BCUT2D eigenvalue weighted by atomic mass is 10.2. The van der Waals surface area contributed by atoms with Crippen LogP contribution in [0.1, 0.15) is 5.56 Å². The standard InChI is InChI=1S/C9H5FN4O/c10-8-2-1-7(3-6(8)4-11)14-5-12-13-9(14)15/h1-3,5H,(H,13,15). The van der Waals surface area contributed by atoms with Crippen LogP contribution in [0.4, 0.5) is 4.39 Å². The molecule has 1 aromatic carbocycles. The maximum atomic E-state index is 13.0. The zero-order valence-corrected chi connectivity index (χ0v) is 7.44. The van der Waals surface area contributed by atoms with Crippen molar-refractivity contribution < 1.29 is 4.39 Å². The van der Waals surface area contributed by atoms with Gasteiger partial charge >= 0.3 is 5.69 Å². The molecular formula is C9H5FN4O. The van der Waals surface area contributed by atoms with Gasteiger partial charge in [-0.2, -0.15) is 10.4 Å². The molecule has 1 heterocycles. The fourth-order valence-corrected chi connectivity index (χ4v) is 1.18. The summed E-state index contributed by atoms with van der Waals surface area (Å²) in [5.74, 6) is -0.613. The summed E-state index contributed by atoms with van der Waals surface area (Å²) in [6, 6.07) is 5.51. The molecule has 0 radical (unpaired) electrons. The van der Waals surface area contributed by atoms with Gasteiger partial charge < -0.3 is 0 Å². The molecule has 0 aliphatic carbocycles. The van der Waals surface area contributed by atoms with Gasteiger partial charge in [0.1, 0.15) is 18.2 Å². The highest BCUT2D eigenvalue weighted by Crippen LogP contribution is 2.11. The molecule has 0 fully saturated rings. The zero-order valence-electron chi connectivity index (χ0n) is 7.44. The van der Waals surface area contributed by atoms with Gasteiger partial charge in [-0.25, -0.2) is 18.9 Å². The van der Waals surface area contributed by atoms with Crippen molar-refractivity contribution in [2.75, 3.05) is 0 Å². The van der Waals surface area contributed by atoms with Crippen LogP contribution in [0.25, 0.3) is 5.69 Å². The third-order valence-electron chi connectivity index (χ3n) is 1.90. The van der Waals surface area contributed by atoms with E-state index in [1.807, 2.05) is 0 Å². The second kappa shape index (κ2) is 3.38. The number of rotatable bonds is 1. The largest absolute Gasteiger partial charge is 0.347 e. The molecule has 74 valence electrons. The van der Waals surface area contributed by atoms with Crippen molar-refractivity contribution in [3.05, 3.63) is 46.4 Å². The molecule has 1 N–H and O–H groups in total. The highest BCUT2D eigenvalue weighted by molar-refractivity contribution is 5.41. The first-order valence-corrected chi connectivity index (χ1v) is 4.04. The van der Waals surface area contributed by atoms with E-state index in [1.165, 1.54) is 23.0 Å². The number of nitrogens with one attached hydrogen (secondary N) is 1. The van der Waals surface area contributed by atoms with E-state index in [0.29, 0.717) is 5.69 Å². The van der Waals surface area contributed by atoms with Gasteiger partial charge in [-0.15, -0.1) is 0 Å². The Balaban J connectivity index is 2.62. The molecule has 0 saturated heterocycles. The first-order valence-electron chi connectivity index (χ1n) is 4.04. The van der Waals surface area contributed by atoms with E-state index in [2.05, 4.69) is 10.2 Å². The summed E-state index contributed by atoms with van der Waals surface area (Å²) in [5.41, 5.74) is -0.155. The monoisotopic (exact) mass is 204 g/mol. The van der Waals surface area contributed by atoms with Gasteiger partial charge in [0.2, 0.25) is 0 Å². The van der Waals surface area contributed by atoms with E-state index in [9.17, 15) is 9.18 Å². The average molecular weight is 204 g/mol. The lowest BCUT2D eigenvalue weighted by Gasteiger charge is -2.00. The maximum Gasteiger partial charge on any atom is 0.347 e. The lowest BCUT2D eigenvalue weighted by molar-refractivity contribution is 0.623. The number of aromatic nitrogens is 3. The Morgan fingerprint density at radius 2 is 2.33 bits per heavy atom. The quantitative estimate of drug-likeness (QED) is 0.737. The first-order chi connectivity index (χ1) is 7.22. The summed E-state index contributed by atoms with van der Waals surface area (Å²) in [7, 11) is 0. The smallest absolute Gasteiger partial charge is 0.250 e. The molecule has 5 nitrogen and oxygen atoms in total. The highest BCUT2D eigenvalue weighted by atomic mass is 19.1. The minimum absolute atomic E-state index is 0.111. The van der Waals surface area contributed by atoms with E-state index >= 15 is 0 Å². The second-order valence-electron chi connectivity index (χ2n) is 2.81. The van der Waals surface area contributed by atoms with E-state index in [4.69, 9.17) is 5.26 Å². The number of hydrogen-bond acceptors (Lipinski definition) is 3. The predicted octanol–water partition coefficient (Wildman–Crippen LogP) is 0.571. The molecule has 1 aromatic heterocycles. The van der Waals surface area contributed by atoms with Gasteiger partial charge in [0, 0.05) is 0 Å². The van der Waals surface area contributed by atoms with Crippen LogP contribution in [0, 0.1) is 17.1 Å². The average Bonchev–Trinajstić information content (AvgIpc) is 2.65. The Bertz CT molecular complexity index is 593. The number of aromatic amines is 1. The van der Waals surface area contributed by atoms with Crippen LogP contribution in [0.5, 0.6) is 0 Å². The number of H-pyrrole nitrogens is 1. The van der Waals surface area contributed by atoms with Crippen LogP contribution in [-0.4, -0.2) is 14.8 Å². The number of hydrogen-bond donors (Lipinski definition) is 1. The molecule has 0 bridgehead atoms. The van der Waals surface area contributed by atoms with Crippen LogP contribution in [0.2, 0.25) is 0 Å². The lowest BCUT2D eigenvalue weighted by Crippen LogP contribution is -2.14. The normalized spacial score (nSPS) is 9.87. The van der Waals surface area contributed by atoms with Crippen molar-refractivity contribution in [3.8, 4) is 11.8 Å². The van der Waals surface area contributed by atoms with Crippen LogP contribution in [0.15, 0.2) is 29.3 Å². The molecular weight excluding hydrogens is 199 g/mol. The third kappa shape index (κ3) is 1.50.